The Morgan fingerprint density at radius 2 is 1.69 bits per heavy atom. The SMILES string of the molecule is Cc1ccccc1-c1nnc2sc(Cc3cccc4ccccc34)nn12. The fourth-order valence-electron chi connectivity index (χ4n) is 3.33. The Labute approximate surface area is 154 Å². The van der Waals surface area contributed by atoms with Crippen LogP contribution in [0.4, 0.5) is 0 Å². The fraction of sp³-hybridized carbons (Fsp3) is 0.0952. The zero-order chi connectivity index (χ0) is 17.5. The van der Waals surface area contributed by atoms with Gasteiger partial charge < -0.3 is 0 Å². The van der Waals surface area contributed by atoms with Gasteiger partial charge in [0, 0.05) is 12.0 Å². The molecule has 0 N–H and O–H groups in total. The summed E-state index contributed by atoms with van der Waals surface area (Å²) < 4.78 is 1.87. The van der Waals surface area contributed by atoms with Crippen molar-refractivity contribution in [2.45, 2.75) is 13.3 Å². The Morgan fingerprint density at radius 1 is 0.885 bits per heavy atom. The van der Waals surface area contributed by atoms with Gasteiger partial charge in [0.05, 0.1) is 0 Å². The predicted octanol–water partition coefficient (Wildman–Crippen LogP) is 4.91. The van der Waals surface area contributed by atoms with E-state index in [9.17, 15) is 0 Å². The average molecular weight is 356 g/mol. The largest absolute Gasteiger partial charge is 0.234 e. The van der Waals surface area contributed by atoms with Gasteiger partial charge in [-0.2, -0.15) is 9.61 Å². The highest BCUT2D eigenvalue weighted by Gasteiger charge is 2.15. The minimum absolute atomic E-state index is 0.794. The summed E-state index contributed by atoms with van der Waals surface area (Å²) in [6, 6.07) is 23.1. The fourth-order valence-corrected chi connectivity index (χ4v) is 4.19. The number of benzene rings is 3. The molecule has 0 spiro atoms. The molecule has 0 radical (unpaired) electrons. The highest BCUT2D eigenvalue weighted by molar-refractivity contribution is 7.16. The second-order valence-corrected chi connectivity index (χ2v) is 7.38. The van der Waals surface area contributed by atoms with E-state index >= 15 is 0 Å². The molecule has 0 unspecified atom stereocenters. The zero-order valence-electron chi connectivity index (χ0n) is 14.3. The molecule has 0 saturated carbocycles. The zero-order valence-corrected chi connectivity index (χ0v) is 15.1. The van der Waals surface area contributed by atoms with Gasteiger partial charge in [-0.25, -0.2) is 0 Å². The molecule has 26 heavy (non-hydrogen) atoms. The third-order valence-electron chi connectivity index (χ3n) is 4.64. The maximum absolute atomic E-state index is 4.80. The first-order valence-electron chi connectivity index (χ1n) is 8.53. The van der Waals surface area contributed by atoms with Gasteiger partial charge in [0.15, 0.2) is 5.82 Å². The van der Waals surface area contributed by atoms with Gasteiger partial charge in [0.25, 0.3) is 0 Å². The van der Waals surface area contributed by atoms with E-state index in [4.69, 9.17) is 5.10 Å². The van der Waals surface area contributed by atoms with Crippen LogP contribution in [-0.4, -0.2) is 19.8 Å². The average Bonchev–Trinajstić information content (AvgIpc) is 3.23. The van der Waals surface area contributed by atoms with E-state index in [1.54, 1.807) is 11.3 Å². The number of aromatic nitrogens is 4. The van der Waals surface area contributed by atoms with Crippen molar-refractivity contribution in [3.63, 3.8) is 0 Å². The van der Waals surface area contributed by atoms with Crippen molar-refractivity contribution < 1.29 is 0 Å². The molecule has 2 aromatic heterocycles. The third kappa shape index (κ3) is 2.48. The van der Waals surface area contributed by atoms with Crippen LogP contribution in [0.2, 0.25) is 0 Å². The van der Waals surface area contributed by atoms with Crippen molar-refractivity contribution in [1.82, 2.24) is 19.8 Å². The molecule has 5 rings (SSSR count). The quantitative estimate of drug-likeness (QED) is 0.461. The lowest BCUT2D eigenvalue weighted by molar-refractivity contribution is 0.918. The summed E-state index contributed by atoms with van der Waals surface area (Å²) in [6.07, 6.45) is 0.794. The minimum Gasteiger partial charge on any atom is -0.183 e. The van der Waals surface area contributed by atoms with E-state index in [0.717, 1.165) is 27.8 Å². The summed E-state index contributed by atoms with van der Waals surface area (Å²) in [5, 5.41) is 17.1. The van der Waals surface area contributed by atoms with Crippen LogP contribution in [0, 0.1) is 6.92 Å². The first-order valence-corrected chi connectivity index (χ1v) is 9.35. The summed E-state index contributed by atoms with van der Waals surface area (Å²) in [7, 11) is 0. The summed E-state index contributed by atoms with van der Waals surface area (Å²) in [4.78, 5) is 0.832. The number of hydrogen-bond acceptors (Lipinski definition) is 4. The van der Waals surface area contributed by atoms with Crippen molar-refractivity contribution in [3.05, 3.63) is 82.9 Å². The molecule has 126 valence electrons. The smallest absolute Gasteiger partial charge is 0.183 e. The lowest BCUT2D eigenvalue weighted by Crippen LogP contribution is -1.95. The molecule has 0 aliphatic rings. The molecule has 5 aromatic rings. The molecule has 3 aromatic carbocycles. The monoisotopic (exact) mass is 356 g/mol. The van der Waals surface area contributed by atoms with E-state index < -0.39 is 0 Å². The van der Waals surface area contributed by atoms with Crippen molar-refractivity contribution >= 4 is 27.1 Å². The maximum Gasteiger partial charge on any atom is 0.234 e. The minimum atomic E-state index is 0.794. The maximum atomic E-state index is 4.80. The second-order valence-electron chi connectivity index (χ2n) is 6.34. The Kier molecular flexibility index (Phi) is 3.53. The molecule has 5 heteroatoms. The van der Waals surface area contributed by atoms with E-state index in [1.165, 1.54) is 21.9 Å². The van der Waals surface area contributed by atoms with Crippen LogP contribution in [0.1, 0.15) is 16.1 Å². The highest BCUT2D eigenvalue weighted by atomic mass is 32.1. The molecule has 2 heterocycles. The molecule has 0 atom stereocenters. The molecular formula is C21H16N4S. The Bertz CT molecular complexity index is 1230. The first kappa shape index (κ1) is 15.2. The standard InChI is InChI=1S/C21H16N4S/c1-14-7-2-4-11-17(14)20-22-23-21-25(20)24-19(26-21)13-16-10-6-9-15-8-3-5-12-18(15)16/h2-12H,13H2,1H3. The van der Waals surface area contributed by atoms with Crippen molar-refractivity contribution in [2.75, 3.05) is 0 Å². The summed E-state index contributed by atoms with van der Waals surface area (Å²) >= 11 is 1.60. The van der Waals surface area contributed by atoms with E-state index in [2.05, 4.69) is 71.7 Å². The van der Waals surface area contributed by atoms with Gasteiger partial charge >= 0.3 is 0 Å². The van der Waals surface area contributed by atoms with Gasteiger partial charge in [-0.1, -0.05) is 78.1 Å². The van der Waals surface area contributed by atoms with Gasteiger partial charge in [-0.15, -0.1) is 10.2 Å². The summed E-state index contributed by atoms with van der Waals surface area (Å²) in [6.45, 7) is 2.08. The van der Waals surface area contributed by atoms with Crippen LogP contribution in [-0.2, 0) is 6.42 Å². The van der Waals surface area contributed by atoms with Crippen LogP contribution in [0.25, 0.3) is 27.1 Å². The Balaban J connectivity index is 1.58. The van der Waals surface area contributed by atoms with E-state index in [-0.39, 0.29) is 0 Å². The van der Waals surface area contributed by atoms with Crippen LogP contribution < -0.4 is 0 Å². The van der Waals surface area contributed by atoms with Crippen LogP contribution in [0.5, 0.6) is 0 Å². The van der Waals surface area contributed by atoms with Crippen molar-refractivity contribution in [1.29, 1.82) is 0 Å². The number of rotatable bonds is 3. The van der Waals surface area contributed by atoms with E-state index in [1.807, 2.05) is 16.6 Å². The Hall–Kier alpha value is -3.05. The number of aryl methyl sites for hydroxylation is 1. The number of fused-ring (bicyclic) bond motifs is 2. The lowest BCUT2D eigenvalue weighted by Gasteiger charge is -2.04. The molecule has 0 bridgehead atoms. The van der Waals surface area contributed by atoms with Crippen molar-refractivity contribution in [3.8, 4) is 11.4 Å². The molecule has 0 fully saturated rings. The predicted molar refractivity (Wildman–Crippen MR) is 106 cm³/mol. The summed E-state index contributed by atoms with van der Waals surface area (Å²) in [5.41, 5.74) is 3.53. The molecule has 0 amide bonds. The van der Waals surface area contributed by atoms with Gasteiger partial charge in [-0.05, 0) is 28.8 Å². The number of hydrogen-bond donors (Lipinski definition) is 0. The molecular weight excluding hydrogens is 340 g/mol. The van der Waals surface area contributed by atoms with Crippen molar-refractivity contribution in [2.24, 2.45) is 0 Å². The van der Waals surface area contributed by atoms with Crippen LogP contribution in [0.3, 0.4) is 0 Å². The normalized spacial score (nSPS) is 11.4. The molecule has 0 aliphatic heterocycles. The number of nitrogens with zero attached hydrogens (tertiary/aromatic N) is 4. The molecule has 4 nitrogen and oxygen atoms in total. The second kappa shape index (κ2) is 6.04. The van der Waals surface area contributed by atoms with E-state index in [0.29, 0.717) is 0 Å². The van der Waals surface area contributed by atoms with Gasteiger partial charge in [0.2, 0.25) is 4.96 Å². The van der Waals surface area contributed by atoms with Gasteiger partial charge in [-0.3, -0.25) is 0 Å². The van der Waals surface area contributed by atoms with Crippen LogP contribution >= 0.6 is 11.3 Å². The first-order chi connectivity index (χ1) is 12.8. The Morgan fingerprint density at radius 3 is 2.62 bits per heavy atom. The summed E-state index contributed by atoms with van der Waals surface area (Å²) in [5.74, 6) is 0.804. The molecule has 0 saturated heterocycles. The topological polar surface area (TPSA) is 43.1 Å². The lowest BCUT2D eigenvalue weighted by atomic mass is 10.0. The van der Waals surface area contributed by atoms with Crippen LogP contribution in [0.15, 0.2) is 66.7 Å². The molecule has 0 aliphatic carbocycles. The highest BCUT2D eigenvalue weighted by Crippen LogP contribution is 2.27. The third-order valence-corrected chi connectivity index (χ3v) is 5.54. The van der Waals surface area contributed by atoms with Gasteiger partial charge in [0.1, 0.15) is 5.01 Å².